The van der Waals surface area contributed by atoms with Crippen LogP contribution in [0.15, 0.2) is 4.52 Å². The molecule has 2 N–H and O–H groups in total. The molecule has 1 aromatic rings. The summed E-state index contributed by atoms with van der Waals surface area (Å²) in [6, 6.07) is 0. The van der Waals surface area contributed by atoms with E-state index in [2.05, 4.69) is 10.1 Å². The highest BCUT2D eigenvalue weighted by atomic mass is 16.5. The van der Waals surface area contributed by atoms with E-state index in [1.807, 2.05) is 13.8 Å². The molecule has 0 atom stereocenters. The molecule has 6 nitrogen and oxygen atoms in total. The maximum Gasteiger partial charge on any atom is 0.246 e. The minimum absolute atomic E-state index is 0.496. The Hall–Kier alpha value is -0.980. The first-order valence-corrected chi connectivity index (χ1v) is 6.86. The Morgan fingerprint density at radius 3 is 2.47 bits per heavy atom. The zero-order chi connectivity index (χ0) is 13.9. The summed E-state index contributed by atoms with van der Waals surface area (Å²) in [6.07, 6.45) is 2.99. The third-order valence-corrected chi connectivity index (χ3v) is 4.21. The van der Waals surface area contributed by atoms with Crippen LogP contribution in [0.1, 0.15) is 51.2 Å². The van der Waals surface area contributed by atoms with Crippen LogP contribution in [0.4, 0.5) is 0 Å². The second-order valence-corrected chi connectivity index (χ2v) is 5.10. The number of aromatic nitrogens is 2. The highest BCUT2D eigenvalue weighted by Crippen LogP contribution is 2.35. The standard InChI is InChI=1S/C13H23N3O3/c1-4-12(14,5-2)11-15-10(16-19-11)13(17-3)6-8-18-9-7-13/h4-9,14H2,1-3H3. The molecule has 6 heteroatoms. The lowest BCUT2D eigenvalue weighted by molar-refractivity contribution is -0.101. The summed E-state index contributed by atoms with van der Waals surface area (Å²) in [5.41, 5.74) is 5.24. The van der Waals surface area contributed by atoms with E-state index in [1.165, 1.54) is 0 Å². The smallest absolute Gasteiger partial charge is 0.246 e. The van der Waals surface area contributed by atoms with E-state index >= 15 is 0 Å². The molecule has 0 aliphatic carbocycles. The van der Waals surface area contributed by atoms with Crippen LogP contribution in [0.2, 0.25) is 0 Å². The van der Waals surface area contributed by atoms with Crippen molar-refractivity contribution >= 4 is 0 Å². The van der Waals surface area contributed by atoms with Crippen molar-refractivity contribution in [1.82, 2.24) is 10.1 Å². The molecular weight excluding hydrogens is 246 g/mol. The van der Waals surface area contributed by atoms with Crippen molar-refractivity contribution in [2.45, 2.75) is 50.7 Å². The highest BCUT2D eigenvalue weighted by Gasteiger charge is 2.41. The number of nitrogens with zero attached hydrogens (tertiary/aromatic N) is 2. The molecular formula is C13H23N3O3. The third-order valence-electron chi connectivity index (χ3n) is 4.21. The van der Waals surface area contributed by atoms with Crippen LogP contribution in [-0.2, 0) is 20.6 Å². The lowest BCUT2D eigenvalue weighted by Gasteiger charge is -2.32. The third kappa shape index (κ3) is 2.52. The number of nitrogens with two attached hydrogens (primary N) is 1. The maximum absolute atomic E-state index is 6.28. The molecule has 19 heavy (non-hydrogen) atoms. The van der Waals surface area contributed by atoms with Crippen LogP contribution < -0.4 is 5.73 Å². The van der Waals surface area contributed by atoms with E-state index in [0.717, 1.165) is 25.7 Å². The second kappa shape index (κ2) is 5.56. The topological polar surface area (TPSA) is 83.4 Å². The summed E-state index contributed by atoms with van der Waals surface area (Å²) in [7, 11) is 1.68. The maximum atomic E-state index is 6.28. The van der Waals surface area contributed by atoms with E-state index in [1.54, 1.807) is 7.11 Å². The molecule has 1 aliphatic heterocycles. The predicted octanol–water partition coefficient (Wildman–Crippen LogP) is 1.70. The van der Waals surface area contributed by atoms with E-state index in [-0.39, 0.29) is 0 Å². The first-order valence-electron chi connectivity index (χ1n) is 6.86. The fourth-order valence-electron chi connectivity index (χ4n) is 2.38. The molecule has 0 radical (unpaired) electrons. The van der Waals surface area contributed by atoms with Crippen LogP contribution in [-0.4, -0.2) is 30.5 Å². The van der Waals surface area contributed by atoms with Crippen molar-refractivity contribution in [2.75, 3.05) is 20.3 Å². The first kappa shape index (κ1) is 14.4. The fraction of sp³-hybridized carbons (Fsp3) is 0.846. The molecule has 1 aliphatic rings. The van der Waals surface area contributed by atoms with Gasteiger partial charge in [0.1, 0.15) is 5.60 Å². The number of ether oxygens (including phenoxy) is 2. The molecule has 0 amide bonds. The SMILES string of the molecule is CCC(N)(CC)c1nc(C2(OC)CCOCC2)no1. The summed E-state index contributed by atoms with van der Waals surface area (Å²) >= 11 is 0. The second-order valence-electron chi connectivity index (χ2n) is 5.10. The molecule has 2 rings (SSSR count). The Morgan fingerprint density at radius 2 is 1.95 bits per heavy atom. The van der Waals surface area contributed by atoms with Gasteiger partial charge in [-0.3, -0.25) is 0 Å². The molecule has 0 aromatic carbocycles. The first-order chi connectivity index (χ1) is 9.10. The Kier molecular flexibility index (Phi) is 4.23. The van der Waals surface area contributed by atoms with Gasteiger partial charge in [0.2, 0.25) is 11.7 Å². The minimum Gasteiger partial charge on any atom is -0.381 e. The number of hydrogen-bond donors (Lipinski definition) is 1. The Balaban J connectivity index is 2.29. The molecule has 1 fully saturated rings. The van der Waals surface area contributed by atoms with Crippen LogP contribution >= 0.6 is 0 Å². The molecule has 2 heterocycles. The largest absolute Gasteiger partial charge is 0.381 e. The van der Waals surface area contributed by atoms with Gasteiger partial charge in [0.05, 0.1) is 5.54 Å². The van der Waals surface area contributed by atoms with Crippen molar-refractivity contribution in [2.24, 2.45) is 5.73 Å². The van der Waals surface area contributed by atoms with Gasteiger partial charge in [-0.05, 0) is 12.8 Å². The van der Waals surface area contributed by atoms with Gasteiger partial charge in [0.25, 0.3) is 0 Å². The van der Waals surface area contributed by atoms with Gasteiger partial charge in [0.15, 0.2) is 0 Å². The quantitative estimate of drug-likeness (QED) is 0.875. The van der Waals surface area contributed by atoms with Gasteiger partial charge < -0.3 is 19.7 Å². The lowest BCUT2D eigenvalue weighted by atomic mass is 9.92. The van der Waals surface area contributed by atoms with E-state index < -0.39 is 11.1 Å². The van der Waals surface area contributed by atoms with E-state index in [4.69, 9.17) is 19.7 Å². The fourth-order valence-corrected chi connectivity index (χ4v) is 2.38. The van der Waals surface area contributed by atoms with Crippen LogP contribution in [0.25, 0.3) is 0 Å². The van der Waals surface area contributed by atoms with Gasteiger partial charge in [-0.15, -0.1) is 0 Å². The van der Waals surface area contributed by atoms with Gasteiger partial charge in [-0.25, -0.2) is 0 Å². The molecule has 0 saturated carbocycles. The molecule has 0 spiro atoms. The van der Waals surface area contributed by atoms with E-state index in [0.29, 0.717) is 24.9 Å². The Labute approximate surface area is 113 Å². The van der Waals surface area contributed by atoms with Gasteiger partial charge in [-0.2, -0.15) is 4.98 Å². The highest BCUT2D eigenvalue weighted by molar-refractivity contribution is 5.07. The molecule has 1 saturated heterocycles. The van der Waals surface area contributed by atoms with Gasteiger partial charge >= 0.3 is 0 Å². The minimum atomic E-state index is -0.550. The van der Waals surface area contributed by atoms with Crippen molar-refractivity contribution in [3.63, 3.8) is 0 Å². The normalized spacial score (nSPS) is 19.6. The Morgan fingerprint density at radius 1 is 1.32 bits per heavy atom. The van der Waals surface area contributed by atoms with Crippen molar-refractivity contribution in [3.8, 4) is 0 Å². The average molecular weight is 269 g/mol. The number of hydrogen-bond acceptors (Lipinski definition) is 6. The van der Waals surface area contributed by atoms with E-state index in [9.17, 15) is 0 Å². The molecule has 1 aromatic heterocycles. The molecule has 108 valence electrons. The number of methoxy groups -OCH3 is 1. The van der Waals surface area contributed by atoms with Crippen molar-refractivity contribution in [3.05, 3.63) is 11.7 Å². The number of rotatable bonds is 5. The summed E-state index contributed by atoms with van der Waals surface area (Å²) in [4.78, 5) is 4.51. The van der Waals surface area contributed by atoms with Gasteiger partial charge in [0, 0.05) is 33.2 Å². The zero-order valence-corrected chi connectivity index (χ0v) is 11.9. The summed E-state index contributed by atoms with van der Waals surface area (Å²) in [5, 5.41) is 4.10. The average Bonchev–Trinajstić information content (AvgIpc) is 2.98. The molecule has 0 unspecified atom stereocenters. The summed E-state index contributed by atoms with van der Waals surface area (Å²) in [6.45, 7) is 5.34. The zero-order valence-electron chi connectivity index (χ0n) is 11.9. The predicted molar refractivity (Wildman–Crippen MR) is 69.5 cm³/mol. The monoisotopic (exact) mass is 269 g/mol. The van der Waals surface area contributed by atoms with Crippen LogP contribution in [0.5, 0.6) is 0 Å². The van der Waals surface area contributed by atoms with Crippen molar-refractivity contribution in [1.29, 1.82) is 0 Å². The van der Waals surface area contributed by atoms with Crippen molar-refractivity contribution < 1.29 is 14.0 Å². The van der Waals surface area contributed by atoms with Crippen LogP contribution in [0, 0.1) is 0 Å². The lowest BCUT2D eigenvalue weighted by Crippen LogP contribution is -2.38. The van der Waals surface area contributed by atoms with Crippen LogP contribution in [0.3, 0.4) is 0 Å². The molecule has 0 bridgehead atoms. The summed E-state index contributed by atoms with van der Waals surface area (Å²) < 4.78 is 16.4. The van der Waals surface area contributed by atoms with Gasteiger partial charge in [-0.1, -0.05) is 19.0 Å². The Bertz CT molecular complexity index is 409. The summed E-state index contributed by atoms with van der Waals surface area (Å²) in [5.74, 6) is 1.08.